The minimum atomic E-state index is -0.646. The van der Waals surface area contributed by atoms with Crippen LogP contribution in [0.3, 0.4) is 0 Å². The van der Waals surface area contributed by atoms with E-state index in [0.29, 0.717) is 12.1 Å². The zero-order valence-corrected chi connectivity index (χ0v) is 13.0. The zero-order valence-electron chi connectivity index (χ0n) is 12.2. The lowest BCUT2D eigenvalue weighted by molar-refractivity contribution is -0.114. The van der Waals surface area contributed by atoms with E-state index in [9.17, 15) is 9.59 Å². The maximum Gasteiger partial charge on any atom is 0.265 e. The number of anilines is 1. The van der Waals surface area contributed by atoms with E-state index in [4.69, 9.17) is 5.73 Å². The van der Waals surface area contributed by atoms with Crippen molar-refractivity contribution in [2.24, 2.45) is 0 Å². The SMILES string of the molecule is Nc1ccc(Cc2cscc2CC(=O)C(=O)c2ncn[nH]2)cc1. The fourth-order valence-electron chi connectivity index (χ4n) is 2.22. The number of hydrogen-bond acceptors (Lipinski definition) is 6. The van der Waals surface area contributed by atoms with Gasteiger partial charge in [-0.05, 0) is 46.0 Å². The minimum absolute atomic E-state index is 0.0229. The van der Waals surface area contributed by atoms with E-state index >= 15 is 0 Å². The molecule has 23 heavy (non-hydrogen) atoms. The molecule has 0 aliphatic heterocycles. The Hall–Kier alpha value is -2.80. The van der Waals surface area contributed by atoms with E-state index in [1.54, 1.807) is 0 Å². The van der Waals surface area contributed by atoms with Crippen molar-refractivity contribution in [3.05, 3.63) is 63.9 Å². The predicted molar refractivity (Wildman–Crippen MR) is 87.4 cm³/mol. The molecule has 6 nitrogen and oxygen atoms in total. The molecule has 0 radical (unpaired) electrons. The lowest BCUT2D eigenvalue weighted by atomic mass is 9.99. The van der Waals surface area contributed by atoms with Crippen LogP contribution in [-0.2, 0) is 17.6 Å². The molecule has 3 N–H and O–H groups in total. The summed E-state index contributed by atoms with van der Waals surface area (Å²) < 4.78 is 0. The topological polar surface area (TPSA) is 102 Å². The molecule has 2 heterocycles. The first-order valence-electron chi connectivity index (χ1n) is 6.94. The lowest BCUT2D eigenvalue weighted by Gasteiger charge is -2.04. The number of carbonyl (C=O) groups is 2. The molecule has 0 saturated heterocycles. The Bertz CT molecular complexity index is 822. The summed E-state index contributed by atoms with van der Waals surface area (Å²) >= 11 is 1.52. The van der Waals surface area contributed by atoms with Crippen LogP contribution in [0, 0.1) is 0 Å². The number of nitrogen functional groups attached to an aromatic ring is 1. The van der Waals surface area contributed by atoms with Gasteiger partial charge in [-0.25, -0.2) is 4.98 Å². The Morgan fingerprint density at radius 3 is 2.57 bits per heavy atom. The highest BCUT2D eigenvalue weighted by atomic mass is 32.1. The van der Waals surface area contributed by atoms with E-state index in [1.807, 2.05) is 35.0 Å². The summed E-state index contributed by atoms with van der Waals surface area (Å²) in [6, 6.07) is 7.61. The molecule has 3 aromatic rings. The molecule has 0 spiro atoms. The van der Waals surface area contributed by atoms with Gasteiger partial charge in [-0.15, -0.1) is 0 Å². The van der Waals surface area contributed by atoms with Gasteiger partial charge in [0.1, 0.15) is 6.33 Å². The molecule has 0 aliphatic carbocycles. The van der Waals surface area contributed by atoms with Crippen molar-refractivity contribution in [3.8, 4) is 0 Å². The highest BCUT2D eigenvalue weighted by Crippen LogP contribution is 2.21. The normalized spacial score (nSPS) is 10.6. The van der Waals surface area contributed by atoms with Gasteiger partial charge in [-0.1, -0.05) is 12.1 Å². The van der Waals surface area contributed by atoms with Gasteiger partial charge in [-0.3, -0.25) is 14.7 Å². The Labute approximate surface area is 136 Å². The van der Waals surface area contributed by atoms with Gasteiger partial charge < -0.3 is 5.73 Å². The molecule has 0 saturated carbocycles. The number of aromatic nitrogens is 3. The lowest BCUT2D eigenvalue weighted by Crippen LogP contribution is -2.18. The third-order valence-electron chi connectivity index (χ3n) is 3.44. The van der Waals surface area contributed by atoms with E-state index in [0.717, 1.165) is 16.7 Å². The molecule has 0 aliphatic rings. The molecule has 3 rings (SSSR count). The first kappa shape index (κ1) is 15.1. The quantitative estimate of drug-likeness (QED) is 0.410. The molecule has 0 bridgehead atoms. The minimum Gasteiger partial charge on any atom is -0.399 e. The number of hydrogen-bond donors (Lipinski definition) is 2. The molecule has 2 aromatic heterocycles. The van der Waals surface area contributed by atoms with Crippen LogP contribution in [0.2, 0.25) is 0 Å². The van der Waals surface area contributed by atoms with Crippen molar-refractivity contribution in [1.82, 2.24) is 15.2 Å². The second kappa shape index (κ2) is 6.53. The molecule has 7 heteroatoms. The number of nitrogens with two attached hydrogens (primary N) is 1. The Kier molecular flexibility index (Phi) is 4.29. The van der Waals surface area contributed by atoms with Crippen LogP contribution in [0.4, 0.5) is 5.69 Å². The van der Waals surface area contributed by atoms with E-state index in [2.05, 4.69) is 15.2 Å². The molecule has 1 aromatic carbocycles. The molecular formula is C16H14N4O2S. The van der Waals surface area contributed by atoms with Gasteiger partial charge in [0, 0.05) is 12.1 Å². The van der Waals surface area contributed by atoms with Gasteiger partial charge in [0.2, 0.25) is 5.78 Å². The van der Waals surface area contributed by atoms with Crippen molar-refractivity contribution >= 4 is 28.6 Å². The van der Waals surface area contributed by atoms with E-state index in [-0.39, 0.29) is 12.2 Å². The standard InChI is InChI=1S/C16H14N4O2S/c17-13-3-1-10(2-4-13)5-11-7-23-8-12(11)6-14(21)15(22)16-18-9-19-20-16/h1-4,7-9H,5-6,17H2,(H,18,19,20). The Balaban J connectivity index is 1.72. The Morgan fingerprint density at radius 1 is 1.13 bits per heavy atom. The number of Topliss-reactive ketones (excluding diaryl/α,β-unsaturated/α-hetero) is 2. The average Bonchev–Trinajstić information content (AvgIpc) is 3.21. The maximum atomic E-state index is 12.1. The zero-order chi connectivity index (χ0) is 16.2. The Morgan fingerprint density at radius 2 is 1.87 bits per heavy atom. The highest BCUT2D eigenvalue weighted by molar-refractivity contribution is 7.08. The summed E-state index contributed by atoms with van der Waals surface area (Å²) in [5.74, 6) is -1.17. The van der Waals surface area contributed by atoms with Crippen LogP contribution in [0.15, 0.2) is 41.4 Å². The van der Waals surface area contributed by atoms with E-state index < -0.39 is 11.6 Å². The first-order chi connectivity index (χ1) is 11.1. The van der Waals surface area contributed by atoms with Crippen LogP contribution in [-0.4, -0.2) is 26.7 Å². The number of nitrogens with one attached hydrogen (secondary N) is 1. The largest absolute Gasteiger partial charge is 0.399 e. The second-order valence-electron chi connectivity index (χ2n) is 5.10. The highest BCUT2D eigenvalue weighted by Gasteiger charge is 2.20. The smallest absolute Gasteiger partial charge is 0.265 e. The van der Waals surface area contributed by atoms with Crippen molar-refractivity contribution in [2.75, 3.05) is 5.73 Å². The number of carbonyl (C=O) groups excluding carboxylic acids is 2. The fourth-order valence-corrected chi connectivity index (χ4v) is 3.08. The number of nitrogens with zero attached hydrogens (tertiary/aromatic N) is 2. The van der Waals surface area contributed by atoms with Crippen LogP contribution in [0.5, 0.6) is 0 Å². The number of benzene rings is 1. The van der Waals surface area contributed by atoms with Gasteiger partial charge in [0.05, 0.1) is 0 Å². The van der Waals surface area contributed by atoms with Crippen LogP contribution in [0.25, 0.3) is 0 Å². The summed E-state index contributed by atoms with van der Waals surface area (Å²) in [6.45, 7) is 0. The average molecular weight is 326 g/mol. The number of rotatable bonds is 6. The monoisotopic (exact) mass is 326 g/mol. The third-order valence-corrected chi connectivity index (χ3v) is 4.28. The first-order valence-corrected chi connectivity index (χ1v) is 7.89. The third kappa shape index (κ3) is 3.51. The predicted octanol–water partition coefficient (Wildman–Crippen LogP) is 2.03. The number of H-pyrrole nitrogens is 1. The molecular weight excluding hydrogens is 312 g/mol. The van der Waals surface area contributed by atoms with Crippen molar-refractivity contribution in [2.45, 2.75) is 12.8 Å². The van der Waals surface area contributed by atoms with Crippen LogP contribution >= 0.6 is 11.3 Å². The number of thiophene rings is 1. The maximum absolute atomic E-state index is 12.1. The van der Waals surface area contributed by atoms with Gasteiger partial charge in [0.25, 0.3) is 5.78 Å². The summed E-state index contributed by atoms with van der Waals surface area (Å²) in [5, 5.41) is 9.90. The summed E-state index contributed by atoms with van der Waals surface area (Å²) in [5.41, 5.74) is 9.41. The van der Waals surface area contributed by atoms with Gasteiger partial charge >= 0.3 is 0 Å². The van der Waals surface area contributed by atoms with Crippen molar-refractivity contribution in [1.29, 1.82) is 0 Å². The number of ketones is 2. The summed E-state index contributed by atoms with van der Waals surface area (Å²) in [7, 11) is 0. The van der Waals surface area contributed by atoms with Crippen molar-refractivity contribution in [3.63, 3.8) is 0 Å². The van der Waals surface area contributed by atoms with Gasteiger partial charge in [-0.2, -0.15) is 16.4 Å². The number of aromatic amines is 1. The molecule has 116 valence electrons. The molecule has 0 unspecified atom stereocenters. The van der Waals surface area contributed by atoms with Crippen LogP contribution < -0.4 is 5.73 Å². The molecule has 0 fully saturated rings. The molecule has 0 atom stereocenters. The molecule has 0 amide bonds. The second-order valence-corrected chi connectivity index (χ2v) is 5.85. The fraction of sp³-hybridized carbons (Fsp3) is 0.125. The summed E-state index contributed by atoms with van der Waals surface area (Å²) in [4.78, 5) is 27.8. The summed E-state index contributed by atoms with van der Waals surface area (Å²) in [6.07, 6.45) is 1.97. The van der Waals surface area contributed by atoms with Gasteiger partial charge in [0.15, 0.2) is 5.82 Å². The van der Waals surface area contributed by atoms with Crippen LogP contribution in [0.1, 0.15) is 27.3 Å². The van der Waals surface area contributed by atoms with E-state index in [1.165, 1.54) is 17.7 Å². The van der Waals surface area contributed by atoms with Crippen molar-refractivity contribution < 1.29 is 9.59 Å².